The largest absolute Gasteiger partial charge is 0.491 e. The van der Waals surface area contributed by atoms with E-state index in [2.05, 4.69) is 4.74 Å². The normalized spacial score (nSPS) is 11.0. The van der Waals surface area contributed by atoms with E-state index in [4.69, 9.17) is 5.41 Å². The van der Waals surface area contributed by atoms with Gasteiger partial charge in [0.25, 0.3) is 0 Å². The molecule has 0 amide bonds. The van der Waals surface area contributed by atoms with Crippen LogP contribution >= 0.6 is 0 Å². The van der Waals surface area contributed by atoms with Gasteiger partial charge in [-0.2, -0.15) is 13.2 Å². The molecule has 0 aliphatic heterocycles. The number of benzene rings is 1. The number of hydrogen-bond acceptors (Lipinski definition) is 3. The van der Waals surface area contributed by atoms with Gasteiger partial charge in [0.15, 0.2) is 5.90 Å². The Balaban J connectivity index is 2.39. The minimum absolute atomic E-state index is 0.0498. The van der Waals surface area contributed by atoms with Crippen molar-refractivity contribution in [2.45, 2.75) is 19.0 Å². The molecule has 1 N–H and O–H groups in total. The lowest BCUT2D eigenvalue weighted by Crippen LogP contribution is -2.27. The summed E-state index contributed by atoms with van der Waals surface area (Å²) in [5.74, 6) is -3.04. The van der Waals surface area contributed by atoms with Crippen molar-refractivity contribution in [1.29, 1.82) is 5.41 Å². The second-order valence-electron chi connectivity index (χ2n) is 3.30. The second-order valence-corrected chi connectivity index (χ2v) is 3.30. The third kappa shape index (κ3) is 4.67. The predicted octanol–water partition coefficient (Wildman–Crippen LogP) is 2.70. The van der Waals surface area contributed by atoms with Gasteiger partial charge in [0.2, 0.25) is 0 Å². The number of rotatable bonds is 3. The molecule has 1 rings (SSSR count). The Morgan fingerprint density at radius 1 is 1.24 bits per heavy atom. The van der Waals surface area contributed by atoms with Gasteiger partial charge in [0.1, 0.15) is 0 Å². The number of aryl methyl sites for hydroxylation is 1. The first kappa shape index (κ1) is 13.2. The molecule has 0 bridgehead atoms. The summed E-state index contributed by atoms with van der Waals surface area (Å²) in [6.45, 7) is 0. The van der Waals surface area contributed by atoms with Crippen molar-refractivity contribution in [2.24, 2.45) is 0 Å². The molecular weight excluding hydrogens is 235 g/mol. The van der Waals surface area contributed by atoms with Crippen molar-refractivity contribution in [1.82, 2.24) is 0 Å². The van der Waals surface area contributed by atoms with Crippen LogP contribution in [0.2, 0.25) is 0 Å². The molecule has 0 atom stereocenters. The summed E-state index contributed by atoms with van der Waals surface area (Å²) < 4.78 is 39.3. The van der Waals surface area contributed by atoms with Crippen LogP contribution in [0.25, 0.3) is 0 Å². The third-order valence-corrected chi connectivity index (χ3v) is 1.93. The van der Waals surface area contributed by atoms with Crippen LogP contribution in [0.15, 0.2) is 30.3 Å². The zero-order valence-electron chi connectivity index (χ0n) is 8.75. The fraction of sp³-hybridized carbons (Fsp3) is 0.273. The van der Waals surface area contributed by atoms with E-state index in [9.17, 15) is 18.0 Å². The molecule has 0 saturated carbocycles. The maximum atomic E-state index is 11.8. The molecular formula is C11H10F3NO2. The number of esters is 1. The van der Waals surface area contributed by atoms with Gasteiger partial charge < -0.3 is 4.74 Å². The van der Waals surface area contributed by atoms with Crippen LogP contribution in [0.1, 0.15) is 12.0 Å². The summed E-state index contributed by atoms with van der Waals surface area (Å²) in [5.41, 5.74) is 0.861. The molecule has 3 nitrogen and oxygen atoms in total. The van der Waals surface area contributed by atoms with Crippen molar-refractivity contribution in [3.05, 3.63) is 35.9 Å². The highest BCUT2D eigenvalue weighted by atomic mass is 19.4. The van der Waals surface area contributed by atoms with Crippen molar-refractivity contribution in [3.8, 4) is 0 Å². The lowest BCUT2D eigenvalue weighted by Gasteiger charge is -2.07. The Labute approximate surface area is 95.7 Å². The zero-order chi connectivity index (χ0) is 12.9. The van der Waals surface area contributed by atoms with Crippen LogP contribution < -0.4 is 0 Å². The Morgan fingerprint density at radius 3 is 2.35 bits per heavy atom. The van der Waals surface area contributed by atoms with Gasteiger partial charge in [-0.05, 0) is 12.0 Å². The number of alkyl halides is 3. The summed E-state index contributed by atoms with van der Waals surface area (Å²) >= 11 is 0. The van der Waals surface area contributed by atoms with Crippen LogP contribution in [0.3, 0.4) is 0 Å². The lowest BCUT2D eigenvalue weighted by molar-refractivity contribution is -0.191. The SMILES string of the molecule is N=C(CCc1ccccc1)OC(=O)C(F)(F)F. The molecule has 1 aromatic rings. The first-order valence-corrected chi connectivity index (χ1v) is 4.80. The van der Waals surface area contributed by atoms with Gasteiger partial charge in [0.05, 0.1) is 0 Å². The average Bonchev–Trinajstić information content (AvgIpc) is 2.26. The molecule has 0 spiro atoms. The van der Waals surface area contributed by atoms with Gasteiger partial charge in [-0.15, -0.1) is 0 Å². The van der Waals surface area contributed by atoms with E-state index in [-0.39, 0.29) is 6.42 Å². The molecule has 0 aliphatic carbocycles. The van der Waals surface area contributed by atoms with Crippen molar-refractivity contribution < 1.29 is 22.7 Å². The fourth-order valence-corrected chi connectivity index (χ4v) is 1.12. The van der Waals surface area contributed by atoms with E-state index in [0.717, 1.165) is 5.56 Å². The summed E-state index contributed by atoms with van der Waals surface area (Å²) in [5, 5.41) is 7.11. The molecule has 0 radical (unpaired) electrons. The Bertz CT molecular complexity index is 401. The fourth-order valence-electron chi connectivity index (χ4n) is 1.12. The smallest absolute Gasteiger partial charge is 0.406 e. The van der Waals surface area contributed by atoms with Crippen LogP contribution in [-0.2, 0) is 16.0 Å². The molecule has 0 heterocycles. The molecule has 92 valence electrons. The summed E-state index contributed by atoms with van der Waals surface area (Å²) in [6, 6.07) is 8.91. The number of carbonyl (C=O) groups is 1. The van der Waals surface area contributed by atoms with Gasteiger partial charge >= 0.3 is 12.1 Å². The van der Waals surface area contributed by atoms with E-state index in [1.165, 1.54) is 0 Å². The lowest BCUT2D eigenvalue weighted by atomic mass is 10.1. The molecule has 0 fully saturated rings. The van der Waals surface area contributed by atoms with Crippen LogP contribution in [-0.4, -0.2) is 18.0 Å². The highest BCUT2D eigenvalue weighted by molar-refractivity contribution is 5.89. The van der Waals surface area contributed by atoms with Crippen molar-refractivity contribution in [2.75, 3.05) is 0 Å². The summed E-state index contributed by atoms with van der Waals surface area (Å²) in [4.78, 5) is 10.4. The van der Waals surface area contributed by atoms with E-state index in [0.29, 0.717) is 6.42 Å². The van der Waals surface area contributed by atoms with Crippen LogP contribution in [0.5, 0.6) is 0 Å². The van der Waals surface area contributed by atoms with E-state index in [1.54, 1.807) is 30.3 Å². The summed E-state index contributed by atoms with van der Waals surface area (Å²) in [6.07, 6.45) is -4.75. The molecule has 0 aromatic heterocycles. The number of ether oxygens (including phenoxy) is 1. The Hall–Kier alpha value is -1.85. The maximum absolute atomic E-state index is 11.8. The summed E-state index contributed by atoms with van der Waals surface area (Å²) in [7, 11) is 0. The average molecular weight is 245 g/mol. The van der Waals surface area contributed by atoms with E-state index in [1.807, 2.05) is 0 Å². The second kappa shape index (κ2) is 5.47. The first-order valence-electron chi connectivity index (χ1n) is 4.80. The number of nitrogens with one attached hydrogen (secondary N) is 1. The van der Waals surface area contributed by atoms with E-state index >= 15 is 0 Å². The molecule has 0 unspecified atom stereocenters. The Morgan fingerprint density at radius 2 is 1.82 bits per heavy atom. The molecule has 17 heavy (non-hydrogen) atoms. The third-order valence-electron chi connectivity index (χ3n) is 1.93. The maximum Gasteiger partial charge on any atom is 0.491 e. The first-order chi connectivity index (χ1) is 7.89. The van der Waals surface area contributed by atoms with Gasteiger partial charge in [-0.3, -0.25) is 5.41 Å². The highest BCUT2D eigenvalue weighted by Crippen LogP contribution is 2.17. The standard InChI is InChI=1S/C11H10F3NO2/c12-11(13,14)10(16)17-9(15)7-6-8-4-2-1-3-5-8/h1-5,15H,6-7H2. The highest BCUT2D eigenvalue weighted by Gasteiger charge is 2.41. The van der Waals surface area contributed by atoms with Crippen molar-refractivity contribution in [3.63, 3.8) is 0 Å². The minimum atomic E-state index is -5.06. The van der Waals surface area contributed by atoms with Crippen molar-refractivity contribution >= 4 is 11.9 Å². The van der Waals surface area contributed by atoms with Crippen LogP contribution in [0, 0.1) is 5.41 Å². The minimum Gasteiger partial charge on any atom is -0.406 e. The van der Waals surface area contributed by atoms with Crippen LogP contribution in [0.4, 0.5) is 13.2 Å². The van der Waals surface area contributed by atoms with E-state index < -0.39 is 18.0 Å². The molecule has 0 aliphatic rings. The number of halogens is 3. The predicted molar refractivity (Wildman–Crippen MR) is 54.6 cm³/mol. The quantitative estimate of drug-likeness (QED) is 0.505. The molecule has 1 aromatic carbocycles. The molecule has 0 saturated heterocycles. The number of carbonyl (C=O) groups excluding carboxylic acids is 1. The number of hydrogen-bond donors (Lipinski definition) is 1. The monoisotopic (exact) mass is 245 g/mol. The van der Waals surface area contributed by atoms with Gasteiger partial charge in [0, 0.05) is 6.42 Å². The topological polar surface area (TPSA) is 50.1 Å². The Kier molecular flexibility index (Phi) is 4.25. The van der Waals surface area contributed by atoms with Gasteiger partial charge in [-0.25, -0.2) is 4.79 Å². The van der Waals surface area contributed by atoms with Gasteiger partial charge in [-0.1, -0.05) is 30.3 Å². The molecule has 6 heteroatoms. The zero-order valence-corrected chi connectivity index (χ0v) is 8.75.